The van der Waals surface area contributed by atoms with Crippen LogP contribution in [0.1, 0.15) is 33.1 Å². The third-order valence-electron chi connectivity index (χ3n) is 5.65. The molecule has 3 aliphatic heterocycles. The van der Waals surface area contributed by atoms with E-state index in [1.807, 2.05) is 4.90 Å². The van der Waals surface area contributed by atoms with Gasteiger partial charge in [-0.15, -0.1) is 6.58 Å². The van der Waals surface area contributed by atoms with Crippen molar-refractivity contribution in [3.05, 3.63) is 12.7 Å². The van der Waals surface area contributed by atoms with Crippen LogP contribution < -0.4 is 0 Å². The van der Waals surface area contributed by atoms with Crippen LogP contribution >= 0.6 is 0 Å². The van der Waals surface area contributed by atoms with Crippen molar-refractivity contribution in [1.82, 2.24) is 14.7 Å². The lowest BCUT2D eigenvalue weighted by Crippen LogP contribution is -2.54. The second kappa shape index (κ2) is 7.87. The van der Waals surface area contributed by atoms with Gasteiger partial charge >= 0.3 is 0 Å². The number of nitrogens with zero attached hydrogens (tertiary/aromatic N) is 3. The molecular weight excluding hydrogens is 318 g/mol. The average Bonchev–Trinajstić information content (AvgIpc) is 2.95. The molecule has 3 aliphatic rings. The standard InChI is InChI=1S/C19H31N3O3/c1-4-7-21-13-16(10-18(21)23)19(24)20-8-5-17(6-9-20)22-11-14(2)25-15(3)12-22/h4,14-17H,1,5-13H2,2-3H3/t14-,15+,16?. The monoisotopic (exact) mass is 349 g/mol. The number of likely N-dealkylation sites (tertiary alicyclic amines) is 2. The van der Waals surface area contributed by atoms with Gasteiger partial charge in [0, 0.05) is 51.7 Å². The van der Waals surface area contributed by atoms with Gasteiger partial charge in [-0.1, -0.05) is 6.08 Å². The van der Waals surface area contributed by atoms with Gasteiger partial charge in [0.25, 0.3) is 0 Å². The van der Waals surface area contributed by atoms with Gasteiger partial charge < -0.3 is 14.5 Å². The Hall–Kier alpha value is -1.40. The molecule has 0 saturated carbocycles. The Bertz CT molecular complexity index is 506. The lowest BCUT2D eigenvalue weighted by atomic mass is 9.99. The van der Waals surface area contributed by atoms with Crippen LogP contribution in [0.15, 0.2) is 12.7 Å². The molecule has 3 saturated heterocycles. The van der Waals surface area contributed by atoms with Crippen molar-refractivity contribution in [3.63, 3.8) is 0 Å². The molecule has 2 amide bonds. The molecule has 1 unspecified atom stereocenters. The van der Waals surface area contributed by atoms with Crippen LogP contribution in [0.5, 0.6) is 0 Å². The Morgan fingerprint density at radius 2 is 1.84 bits per heavy atom. The molecule has 3 rings (SSSR count). The Morgan fingerprint density at radius 1 is 1.20 bits per heavy atom. The number of amides is 2. The molecule has 0 aromatic carbocycles. The first-order valence-electron chi connectivity index (χ1n) is 9.55. The van der Waals surface area contributed by atoms with E-state index in [0.29, 0.717) is 25.6 Å². The summed E-state index contributed by atoms with van der Waals surface area (Å²) < 4.78 is 5.82. The lowest BCUT2D eigenvalue weighted by molar-refractivity contribution is -0.138. The summed E-state index contributed by atoms with van der Waals surface area (Å²) in [6.45, 7) is 12.6. The molecule has 0 aromatic heterocycles. The molecule has 0 spiro atoms. The number of hydrogen-bond donors (Lipinski definition) is 0. The molecular formula is C19H31N3O3. The summed E-state index contributed by atoms with van der Waals surface area (Å²) in [7, 11) is 0. The molecule has 0 radical (unpaired) electrons. The third-order valence-corrected chi connectivity index (χ3v) is 5.65. The van der Waals surface area contributed by atoms with E-state index < -0.39 is 0 Å². The second-order valence-electron chi connectivity index (χ2n) is 7.76. The first-order valence-corrected chi connectivity index (χ1v) is 9.55. The van der Waals surface area contributed by atoms with Gasteiger partial charge in [-0.3, -0.25) is 14.5 Å². The maximum Gasteiger partial charge on any atom is 0.227 e. The zero-order valence-electron chi connectivity index (χ0n) is 15.5. The van der Waals surface area contributed by atoms with Crippen LogP contribution in [-0.4, -0.2) is 84.0 Å². The predicted molar refractivity (Wildman–Crippen MR) is 96.1 cm³/mol. The summed E-state index contributed by atoms with van der Waals surface area (Å²) in [4.78, 5) is 31.0. The van der Waals surface area contributed by atoms with Gasteiger partial charge in [-0.05, 0) is 26.7 Å². The highest BCUT2D eigenvalue weighted by Gasteiger charge is 2.38. The predicted octanol–water partition coefficient (Wildman–Crippen LogP) is 1.12. The van der Waals surface area contributed by atoms with Crippen LogP contribution in [-0.2, 0) is 14.3 Å². The van der Waals surface area contributed by atoms with E-state index in [2.05, 4.69) is 25.3 Å². The van der Waals surface area contributed by atoms with E-state index in [-0.39, 0.29) is 29.9 Å². The quantitative estimate of drug-likeness (QED) is 0.714. The van der Waals surface area contributed by atoms with Gasteiger partial charge in [0.05, 0.1) is 18.1 Å². The largest absolute Gasteiger partial charge is 0.373 e. The Morgan fingerprint density at radius 3 is 2.44 bits per heavy atom. The molecule has 25 heavy (non-hydrogen) atoms. The van der Waals surface area contributed by atoms with Crippen molar-refractivity contribution in [2.45, 2.75) is 51.4 Å². The van der Waals surface area contributed by atoms with Crippen molar-refractivity contribution < 1.29 is 14.3 Å². The maximum atomic E-state index is 12.8. The highest BCUT2D eigenvalue weighted by atomic mass is 16.5. The average molecular weight is 349 g/mol. The van der Waals surface area contributed by atoms with E-state index in [4.69, 9.17) is 4.74 Å². The molecule has 0 aliphatic carbocycles. The van der Waals surface area contributed by atoms with Crippen LogP contribution in [0.4, 0.5) is 0 Å². The van der Waals surface area contributed by atoms with Gasteiger partial charge in [-0.2, -0.15) is 0 Å². The fourth-order valence-corrected chi connectivity index (χ4v) is 4.50. The van der Waals surface area contributed by atoms with E-state index >= 15 is 0 Å². The van der Waals surface area contributed by atoms with Gasteiger partial charge in [0.1, 0.15) is 0 Å². The SMILES string of the molecule is C=CCN1CC(C(=O)N2CCC(N3C[C@@H](C)O[C@@H](C)C3)CC2)CC1=O. The summed E-state index contributed by atoms with van der Waals surface area (Å²) in [6.07, 6.45) is 4.67. The van der Waals surface area contributed by atoms with Crippen molar-refractivity contribution in [3.8, 4) is 0 Å². The Balaban J connectivity index is 1.50. The fraction of sp³-hybridized carbons (Fsp3) is 0.789. The smallest absolute Gasteiger partial charge is 0.227 e. The number of hydrogen-bond acceptors (Lipinski definition) is 4. The normalized spacial score (nSPS) is 32.2. The minimum atomic E-state index is -0.174. The van der Waals surface area contributed by atoms with Crippen LogP contribution in [0.2, 0.25) is 0 Å². The van der Waals surface area contributed by atoms with E-state index in [1.54, 1.807) is 11.0 Å². The summed E-state index contributed by atoms with van der Waals surface area (Å²) >= 11 is 0. The van der Waals surface area contributed by atoms with Gasteiger partial charge in [0.15, 0.2) is 0 Å². The summed E-state index contributed by atoms with van der Waals surface area (Å²) in [6, 6.07) is 0.542. The van der Waals surface area contributed by atoms with E-state index in [0.717, 1.165) is 39.0 Å². The summed E-state index contributed by atoms with van der Waals surface area (Å²) in [5, 5.41) is 0. The number of ether oxygens (including phenoxy) is 1. The Labute approximate surface area is 150 Å². The highest BCUT2D eigenvalue weighted by Crippen LogP contribution is 2.25. The van der Waals surface area contributed by atoms with E-state index in [9.17, 15) is 9.59 Å². The van der Waals surface area contributed by atoms with Gasteiger partial charge in [0.2, 0.25) is 11.8 Å². The number of rotatable bonds is 4. The first-order chi connectivity index (χ1) is 12.0. The molecule has 3 atom stereocenters. The topological polar surface area (TPSA) is 53.1 Å². The fourth-order valence-electron chi connectivity index (χ4n) is 4.50. The molecule has 6 heteroatoms. The minimum Gasteiger partial charge on any atom is -0.373 e. The van der Waals surface area contributed by atoms with Crippen molar-refractivity contribution >= 4 is 11.8 Å². The van der Waals surface area contributed by atoms with Crippen molar-refractivity contribution in [2.75, 3.05) is 39.3 Å². The highest BCUT2D eigenvalue weighted by molar-refractivity contribution is 5.89. The molecule has 0 bridgehead atoms. The number of carbonyl (C=O) groups excluding carboxylic acids is 2. The molecule has 3 heterocycles. The minimum absolute atomic E-state index is 0.0735. The summed E-state index contributed by atoms with van der Waals surface area (Å²) in [5.74, 6) is 0.0546. The van der Waals surface area contributed by atoms with Crippen molar-refractivity contribution in [1.29, 1.82) is 0 Å². The van der Waals surface area contributed by atoms with Crippen LogP contribution in [0.25, 0.3) is 0 Å². The zero-order valence-corrected chi connectivity index (χ0v) is 15.5. The number of morpholine rings is 1. The number of carbonyl (C=O) groups is 2. The van der Waals surface area contributed by atoms with E-state index in [1.165, 1.54) is 0 Å². The van der Waals surface area contributed by atoms with Crippen LogP contribution in [0, 0.1) is 5.92 Å². The molecule has 3 fully saturated rings. The molecule has 0 aromatic rings. The molecule has 6 nitrogen and oxygen atoms in total. The third kappa shape index (κ3) is 4.23. The van der Waals surface area contributed by atoms with Crippen LogP contribution in [0.3, 0.4) is 0 Å². The maximum absolute atomic E-state index is 12.8. The second-order valence-corrected chi connectivity index (χ2v) is 7.76. The Kier molecular flexibility index (Phi) is 5.79. The summed E-state index contributed by atoms with van der Waals surface area (Å²) in [5.41, 5.74) is 0. The zero-order chi connectivity index (χ0) is 18.0. The first kappa shape index (κ1) is 18.4. The molecule has 0 N–H and O–H groups in total. The van der Waals surface area contributed by atoms with Gasteiger partial charge in [-0.25, -0.2) is 0 Å². The number of piperidine rings is 1. The molecule has 140 valence electrons. The lowest BCUT2D eigenvalue weighted by Gasteiger charge is -2.43. The van der Waals surface area contributed by atoms with Crippen molar-refractivity contribution in [2.24, 2.45) is 5.92 Å².